The van der Waals surface area contributed by atoms with Crippen molar-refractivity contribution in [1.29, 1.82) is 0 Å². The molecular formula is C19H18Cl2O3. The molecule has 3 atom stereocenters. The Morgan fingerprint density at radius 1 is 1.17 bits per heavy atom. The normalized spacial score (nSPS) is 23.0. The summed E-state index contributed by atoms with van der Waals surface area (Å²) in [4.78, 5) is 12.7. The third-order valence-electron chi connectivity index (χ3n) is 4.74. The lowest BCUT2D eigenvalue weighted by atomic mass is 9.65. The molecule has 0 unspecified atom stereocenters. The van der Waals surface area contributed by atoms with Crippen molar-refractivity contribution in [3.05, 3.63) is 63.1 Å². The molecule has 2 aromatic rings. The van der Waals surface area contributed by atoms with Gasteiger partial charge in [-0.05, 0) is 48.7 Å². The van der Waals surface area contributed by atoms with Gasteiger partial charge in [0.1, 0.15) is 5.75 Å². The highest BCUT2D eigenvalue weighted by Crippen LogP contribution is 2.44. The maximum atomic E-state index is 12.7. The molecular weight excluding hydrogens is 347 g/mol. The average Bonchev–Trinajstić information content (AvgIpc) is 2.55. The Kier molecular flexibility index (Phi) is 4.86. The summed E-state index contributed by atoms with van der Waals surface area (Å²) in [6, 6.07) is 10.7. The van der Waals surface area contributed by atoms with Gasteiger partial charge in [-0.25, -0.2) is 0 Å². The summed E-state index contributed by atoms with van der Waals surface area (Å²) in [5, 5.41) is 10.6. The van der Waals surface area contributed by atoms with Gasteiger partial charge in [0.05, 0.1) is 17.5 Å². The maximum Gasteiger partial charge on any atom is 0.181 e. The van der Waals surface area contributed by atoms with Gasteiger partial charge in [-0.3, -0.25) is 4.79 Å². The Morgan fingerprint density at radius 2 is 1.92 bits per heavy atom. The van der Waals surface area contributed by atoms with E-state index >= 15 is 0 Å². The number of hydrogen-bond acceptors (Lipinski definition) is 3. The van der Waals surface area contributed by atoms with Gasteiger partial charge in [0.25, 0.3) is 0 Å². The lowest BCUT2D eigenvalue weighted by Gasteiger charge is -2.42. The number of carbonyl (C=O) groups excluding carboxylic acids is 1. The SMILES string of the molecule is Cc1cccc([C@@H]2C(=O)[C@H](Oc3ccc(Cl)cc3Cl)[C@@H]2CO)c1C. The van der Waals surface area contributed by atoms with E-state index in [2.05, 4.69) is 0 Å². The van der Waals surface area contributed by atoms with E-state index in [9.17, 15) is 9.90 Å². The van der Waals surface area contributed by atoms with Gasteiger partial charge in [0, 0.05) is 10.9 Å². The van der Waals surface area contributed by atoms with Crippen LogP contribution in [0.4, 0.5) is 0 Å². The van der Waals surface area contributed by atoms with Gasteiger partial charge >= 0.3 is 0 Å². The summed E-state index contributed by atoms with van der Waals surface area (Å²) < 4.78 is 5.77. The quantitative estimate of drug-likeness (QED) is 0.877. The molecule has 5 heteroatoms. The third kappa shape index (κ3) is 2.92. The topological polar surface area (TPSA) is 46.5 Å². The van der Waals surface area contributed by atoms with Gasteiger partial charge in [0.2, 0.25) is 0 Å². The van der Waals surface area contributed by atoms with Crippen LogP contribution in [0.25, 0.3) is 0 Å². The number of ether oxygens (including phenoxy) is 1. The summed E-state index contributed by atoms with van der Waals surface area (Å²) in [6.07, 6.45) is -0.696. The second kappa shape index (κ2) is 6.75. The molecule has 126 valence electrons. The molecule has 3 rings (SSSR count). The number of hydrogen-bond donors (Lipinski definition) is 1. The van der Waals surface area contributed by atoms with E-state index in [0.29, 0.717) is 15.8 Å². The van der Waals surface area contributed by atoms with E-state index in [-0.39, 0.29) is 24.2 Å². The molecule has 1 aliphatic rings. The fourth-order valence-corrected chi connectivity index (χ4v) is 3.66. The minimum absolute atomic E-state index is 0.0335. The van der Waals surface area contributed by atoms with Crippen molar-refractivity contribution in [2.45, 2.75) is 25.9 Å². The minimum atomic E-state index is -0.696. The Morgan fingerprint density at radius 3 is 2.58 bits per heavy atom. The van der Waals surface area contributed by atoms with Crippen molar-refractivity contribution < 1.29 is 14.6 Å². The summed E-state index contributed by atoms with van der Waals surface area (Å²) in [6.45, 7) is 3.88. The molecule has 0 bridgehead atoms. The minimum Gasteiger partial charge on any atom is -0.481 e. The number of Topliss-reactive ketones (excluding diaryl/α,β-unsaturated/α-hetero) is 1. The highest BCUT2D eigenvalue weighted by Gasteiger charge is 2.52. The van der Waals surface area contributed by atoms with Crippen molar-refractivity contribution in [1.82, 2.24) is 0 Å². The highest BCUT2D eigenvalue weighted by atomic mass is 35.5. The zero-order chi connectivity index (χ0) is 17.4. The van der Waals surface area contributed by atoms with Crippen LogP contribution in [0.5, 0.6) is 5.75 Å². The molecule has 3 nitrogen and oxygen atoms in total. The van der Waals surface area contributed by atoms with E-state index in [0.717, 1.165) is 16.7 Å². The number of ketones is 1. The van der Waals surface area contributed by atoms with E-state index in [4.69, 9.17) is 27.9 Å². The zero-order valence-corrected chi connectivity index (χ0v) is 14.9. The molecule has 0 heterocycles. The van der Waals surface area contributed by atoms with Crippen LogP contribution >= 0.6 is 23.2 Å². The number of carbonyl (C=O) groups is 1. The molecule has 1 saturated carbocycles. The Labute approximate surface area is 151 Å². The fourth-order valence-electron chi connectivity index (χ4n) is 3.20. The second-order valence-corrected chi connectivity index (χ2v) is 6.97. The largest absolute Gasteiger partial charge is 0.481 e. The summed E-state index contributed by atoms with van der Waals surface area (Å²) >= 11 is 12.0. The van der Waals surface area contributed by atoms with Gasteiger partial charge in [-0.15, -0.1) is 0 Å². The summed E-state index contributed by atoms with van der Waals surface area (Å²) in [5.74, 6) is -0.262. The van der Waals surface area contributed by atoms with E-state index in [1.54, 1.807) is 18.2 Å². The predicted molar refractivity (Wildman–Crippen MR) is 95.1 cm³/mol. The van der Waals surface area contributed by atoms with Gasteiger partial charge in [-0.1, -0.05) is 41.4 Å². The maximum absolute atomic E-state index is 12.7. The average molecular weight is 365 g/mol. The molecule has 24 heavy (non-hydrogen) atoms. The molecule has 0 aliphatic heterocycles. The molecule has 0 amide bonds. The van der Waals surface area contributed by atoms with Crippen molar-refractivity contribution in [2.75, 3.05) is 6.61 Å². The van der Waals surface area contributed by atoms with Crippen LogP contribution in [0.15, 0.2) is 36.4 Å². The van der Waals surface area contributed by atoms with Gasteiger partial charge in [-0.2, -0.15) is 0 Å². The Bertz CT molecular complexity index is 788. The first-order valence-electron chi connectivity index (χ1n) is 7.76. The summed E-state index contributed by atoms with van der Waals surface area (Å²) in [7, 11) is 0. The van der Waals surface area contributed by atoms with E-state index < -0.39 is 6.10 Å². The number of aliphatic hydroxyl groups is 1. The first kappa shape index (κ1) is 17.3. The first-order chi connectivity index (χ1) is 11.4. The smallest absolute Gasteiger partial charge is 0.181 e. The monoisotopic (exact) mass is 364 g/mol. The molecule has 2 aromatic carbocycles. The number of aryl methyl sites for hydroxylation is 1. The van der Waals surface area contributed by atoms with Crippen molar-refractivity contribution in [2.24, 2.45) is 5.92 Å². The number of halogens is 2. The van der Waals surface area contributed by atoms with Crippen LogP contribution in [0.2, 0.25) is 10.0 Å². The second-order valence-electron chi connectivity index (χ2n) is 6.13. The first-order valence-corrected chi connectivity index (χ1v) is 8.52. The lowest BCUT2D eigenvalue weighted by molar-refractivity contribution is -0.145. The van der Waals surface area contributed by atoms with Crippen molar-refractivity contribution in [3.63, 3.8) is 0 Å². The fraction of sp³-hybridized carbons (Fsp3) is 0.316. The van der Waals surface area contributed by atoms with Crippen LogP contribution in [-0.4, -0.2) is 23.6 Å². The number of rotatable bonds is 4. The lowest BCUT2D eigenvalue weighted by Crippen LogP contribution is -2.55. The molecule has 0 radical (unpaired) electrons. The van der Waals surface area contributed by atoms with Gasteiger partial charge in [0.15, 0.2) is 11.9 Å². The van der Waals surface area contributed by atoms with E-state index in [1.807, 2.05) is 32.0 Å². The van der Waals surface area contributed by atoms with Crippen molar-refractivity contribution >= 4 is 29.0 Å². The third-order valence-corrected chi connectivity index (χ3v) is 5.27. The standard InChI is InChI=1S/C19H18Cl2O3/c1-10-4-3-5-13(11(10)2)17-14(9-22)19(18(17)23)24-16-7-6-12(20)8-15(16)21/h3-8,14,17,19,22H,9H2,1-2H3/t14-,17+,19-/m1/s1. The Hall–Kier alpha value is -1.55. The molecule has 0 saturated heterocycles. The summed E-state index contributed by atoms with van der Waals surface area (Å²) in [5.41, 5.74) is 3.17. The van der Waals surface area contributed by atoms with Crippen LogP contribution < -0.4 is 4.74 Å². The van der Waals surface area contributed by atoms with Crippen LogP contribution in [0.1, 0.15) is 22.6 Å². The molecule has 1 aliphatic carbocycles. The predicted octanol–water partition coefficient (Wildman–Crippen LogP) is 4.33. The highest BCUT2D eigenvalue weighted by molar-refractivity contribution is 6.35. The van der Waals surface area contributed by atoms with Crippen molar-refractivity contribution in [3.8, 4) is 5.75 Å². The molecule has 0 aromatic heterocycles. The zero-order valence-electron chi connectivity index (χ0n) is 13.4. The van der Waals surface area contributed by atoms with E-state index in [1.165, 1.54) is 0 Å². The van der Waals surface area contributed by atoms with Crippen LogP contribution in [-0.2, 0) is 4.79 Å². The number of aliphatic hydroxyl groups excluding tert-OH is 1. The molecule has 1 fully saturated rings. The Balaban J connectivity index is 1.85. The molecule has 0 spiro atoms. The van der Waals surface area contributed by atoms with Gasteiger partial charge < -0.3 is 9.84 Å². The number of benzene rings is 2. The van der Waals surface area contributed by atoms with Crippen LogP contribution in [0, 0.1) is 19.8 Å². The van der Waals surface area contributed by atoms with Crippen LogP contribution in [0.3, 0.4) is 0 Å². The molecule has 1 N–H and O–H groups in total.